The van der Waals surface area contributed by atoms with Gasteiger partial charge < -0.3 is 14.0 Å². The Labute approximate surface area is 181 Å². The molecule has 2 aliphatic heterocycles. The van der Waals surface area contributed by atoms with Gasteiger partial charge in [-0.2, -0.15) is 0 Å². The highest BCUT2D eigenvalue weighted by molar-refractivity contribution is 5.41. The average molecular weight is 421 g/mol. The molecule has 0 aromatic carbocycles. The summed E-state index contributed by atoms with van der Waals surface area (Å²) in [6, 6.07) is 8.14. The molecule has 1 saturated heterocycles. The van der Waals surface area contributed by atoms with Gasteiger partial charge in [-0.25, -0.2) is 9.97 Å². The van der Waals surface area contributed by atoms with Crippen LogP contribution < -0.4 is 10.5 Å². The normalized spacial score (nSPS) is 20.2. The number of rotatable bonds is 5. The molecular formula is C23H28N6O2. The third-order valence-corrected chi connectivity index (χ3v) is 6.35. The van der Waals surface area contributed by atoms with E-state index in [1.54, 1.807) is 6.33 Å². The predicted octanol–water partition coefficient (Wildman–Crippen LogP) is 2.50. The fraction of sp³-hybridized carbons (Fsp3) is 0.478. The number of hydrogen-bond donors (Lipinski definition) is 0. The van der Waals surface area contributed by atoms with Crippen molar-refractivity contribution in [2.75, 3.05) is 25.0 Å². The van der Waals surface area contributed by atoms with Crippen LogP contribution in [0.4, 0.5) is 5.82 Å². The van der Waals surface area contributed by atoms with Crippen LogP contribution in [0.2, 0.25) is 0 Å². The van der Waals surface area contributed by atoms with Gasteiger partial charge in [0.05, 0.1) is 5.69 Å². The molecule has 0 radical (unpaired) electrons. The molecule has 0 N–H and O–H groups in total. The van der Waals surface area contributed by atoms with Crippen LogP contribution in [0.1, 0.15) is 40.7 Å². The summed E-state index contributed by atoms with van der Waals surface area (Å²) in [6.45, 7) is 7.70. The molecule has 0 saturated carbocycles. The van der Waals surface area contributed by atoms with Crippen molar-refractivity contribution < 1.29 is 4.52 Å². The summed E-state index contributed by atoms with van der Waals surface area (Å²) in [7, 11) is 2.00. The van der Waals surface area contributed by atoms with Gasteiger partial charge in [-0.3, -0.25) is 9.69 Å². The maximum atomic E-state index is 13.3. The van der Waals surface area contributed by atoms with Gasteiger partial charge in [0.2, 0.25) is 0 Å². The monoisotopic (exact) mass is 420 g/mol. The summed E-state index contributed by atoms with van der Waals surface area (Å²) in [5, 5.41) is 4.05. The Balaban J connectivity index is 1.35. The van der Waals surface area contributed by atoms with Gasteiger partial charge in [-0.15, -0.1) is 0 Å². The molecule has 0 spiro atoms. The number of aryl methyl sites for hydroxylation is 2. The Bertz CT molecular complexity index is 1150. The largest absolute Gasteiger partial charge is 0.361 e. The van der Waals surface area contributed by atoms with E-state index in [4.69, 9.17) is 4.52 Å². The molecular weight excluding hydrogens is 392 g/mol. The van der Waals surface area contributed by atoms with Gasteiger partial charge >= 0.3 is 0 Å². The quantitative estimate of drug-likeness (QED) is 0.627. The highest BCUT2D eigenvalue weighted by Crippen LogP contribution is 2.36. The summed E-state index contributed by atoms with van der Waals surface area (Å²) in [6.07, 6.45) is 2.77. The first kappa shape index (κ1) is 19.9. The summed E-state index contributed by atoms with van der Waals surface area (Å²) >= 11 is 0. The summed E-state index contributed by atoms with van der Waals surface area (Å²) in [5.41, 5.74) is 3.98. The van der Waals surface area contributed by atoms with Crippen molar-refractivity contribution >= 4 is 5.82 Å². The third kappa shape index (κ3) is 3.99. The summed E-state index contributed by atoms with van der Waals surface area (Å²) in [5.74, 6) is 2.58. The van der Waals surface area contributed by atoms with Crippen LogP contribution in [-0.2, 0) is 19.6 Å². The maximum Gasteiger partial charge on any atom is 0.255 e. The van der Waals surface area contributed by atoms with E-state index in [1.807, 2.05) is 43.7 Å². The number of aromatic nitrogens is 4. The molecule has 2 bridgehead atoms. The molecule has 8 heteroatoms. The van der Waals surface area contributed by atoms with E-state index < -0.39 is 0 Å². The number of nitrogens with zero attached hydrogens (tertiary/aromatic N) is 6. The van der Waals surface area contributed by atoms with Crippen LogP contribution in [0, 0.1) is 19.8 Å². The van der Waals surface area contributed by atoms with E-state index in [1.165, 1.54) is 0 Å². The molecule has 8 nitrogen and oxygen atoms in total. The molecule has 0 aliphatic carbocycles. The maximum absolute atomic E-state index is 13.3. The zero-order valence-electron chi connectivity index (χ0n) is 18.3. The zero-order chi connectivity index (χ0) is 21.5. The van der Waals surface area contributed by atoms with Crippen molar-refractivity contribution in [1.82, 2.24) is 24.6 Å². The first-order valence-electron chi connectivity index (χ1n) is 10.8. The van der Waals surface area contributed by atoms with Crippen LogP contribution in [0.15, 0.2) is 39.9 Å². The predicted molar refractivity (Wildman–Crippen MR) is 117 cm³/mol. The second-order valence-corrected chi connectivity index (χ2v) is 9.02. The van der Waals surface area contributed by atoms with Crippen molar-refractivity contribution in [3.8, 4) is 0 Å². The highest BCUT2D eigenvalue weighted by atomic mass is 16.5. The number of pyridine rings is 1. The second kappa shape index (κ2) is 7.92. The lowest BCUT2D eigenvalue weighted by atomic mass is 9.83. The van der Waals surface area contributed by atoms with Crippen molar-refractivity contribution in [2.45, 2.75) is 45.8 Å². The molecule has 5 rings (SSSR count). The number of piperidine rings is 1. The SMILES string of the molecule is Cc1cc(N2C[C@@H]3C[C@H](C2)c2ccc(CN(C)Cc4cc(C)on4)c(=O)n2C3)ncn1. The van der Waals surface area contributed by atoms with Crippen LogP contribution in [0.3, 0.4) is 0 Å². The topological polar surface area (TPSA) is 80.3 Å². The minimum Gasteiger partial charge on any atom is -0.361 e. The Morgan fingerprint density at radius 1 is 1.13 bits per heavy atom. The summed E-state index contributed by atoms with van der Waals surface area (Å²) < 4.78 is 7.17. The molecule has 2 aliphatic rings. The standard InChI is InChI=1S/C23H28N6O2/c1-15-6-22(25-14-24-15)28-9-17-8-19(12-28)21-5-4-18(23(30)29(21)10-17)11-27(3)13-20-7-16(2)31-26-20/h4-7,14,17,19H,8-13H2,1-3H3/t17-,19+/m0/s1. The molecule has 1 fully saturated rings. The molecule has 31 heavy (non-hydrogen) atoms. The Morgan fingerprint density at radius 2 is 2.00 bits per heavy atom. The first-order valence-corrected chi connectivity index (χ1v) is 10.8. The van der Waals surface area contributed by atoms with Crippen molar-refractivity contribution in [2.24, 2.45) is 5.92 Å². The molecule has 5 heterocycles. The molecule has 3 aromatic heterocycles. The highest BCUT2D eigenvalue weighted by Gasteiger charge is 2.35. The van der Waals surface area contributed by atoms with Crippen LogP contribution in [0.5, 0.6) is 0 Å². The molecule has 3 aromatic rings. The van der Waals surface area contributed by atoms with Crippen LogP contribution in [0.25, 0.3) is 0 Å². The smallest absolute Gasteiger partial charge is 0.255 e. The van der Waals surface area contributed by atoms with Crippen LogP contribution in [-0.4, -0.2) is 44.7 Å². The second-order valence-electron chi connectivity index (χ2n) is 9.02. The Morgan fingerprint density at radius 3 is 2.77 bits per heavy atom. The van der Waals surface area contributed by atoms with Crippen molar-refractivity contribution in [1.29, 1.82) is 0 Å². The zero-order valence-corrected chi connectivity index (χ0v) is 18.3. The minimum absolute atomic E-state index is 0.140. The van der Waals surface area contributed by atoms with Gasteiger partial charge in [-0.1, -0.05) is 11.2 Å². The van der Waals surface area contributed by atoms with Crippen molar-refractivity contribution in [3.05, 3.63) is 69.4 Å². The van der Waals surface area contributed by atoms with Gasteiger partial charge in [0.15, 0.2) is 0 Å². The lowest BCUT2D eigenvalue weighted by Gasteiger charge is -2.43. The summed E-state index contributed by atoms with van der Waals surface area (Å²) in [4.78, 5) is 26.4. The van der Waals surface area contributed by atoms with E-state index >= 15 is 0 Å². The van der Waals surface area contributed by atoms with E-state index in [0.29, 0.717) is 24.9 Å². The number of anilines is 1. The minimum atomic E-state index is 0.140. The Hall–Kier alpha value is -3.00. The van der Waals surface area contributed by atoms with E-state index in [-0.39, 0.29) is 5.56 Å². The van der Waals surface area contributed by atoms with Gasteiger partial charge in [-0.05, 0) is 39.3 Å². The fourth-order valence-corrected chi connectivity index (χ4v) is 5.03. The van der Waals surface area contributed by atoms with Gasteiger partial charge in [0, 0.05) is 67.7 Å². The molecule has 2 atom stereocenters. The third-order valence-electron chi connectivity index (χ3n) is 6.35. The lowest BCUT2D eigenvalue weighted by molar-refractivity contribution is 0.274. The fourth-order valence-electron chi connectivity index (χ4n) is 5.03. The van der Waals surface area contributed by atoms with Crippen molar-refractivity contribution in [3.63, 3.8) is 0 Å². The van der Waals surface area contributed by atoms with E-state index in [2.05, 4.69) is 31.0 Å². The average Bonchev–Trinajstić information content (AvgIpc) is 3.14. The first-order chi connectivity index (χ1) is 15.0. The molecule has 162 valence electrons. The Kier molecular flexibility index (Phi) is 5.09. The lowest BCUT2D eigenvalue weighted by Crippen LogP contribution is -2.48. The molecule has 0 amide bonds. The van der Waals surface area contributed by atoms with E-state index in [9.17, 15) is 4.79 Å². The van der Waals surface area contributed by atoms with Gasteiger partial charge in [0.25, 0.3) is 5.56 Å². The molecule has 0 unspecified atom stereocenters. The van der Waals surface area contributed by atoms with E-state index in [0.717, 1.165) is 60.3 Å². The van der Waals surface area contributed by atoms with Crippen LogP contribution >= 0.6 is 0 Å². The van der Waals surface area contributed by atoms with Gasteiger partial charge in [0.1, 0.15) is 17.9 Å². The number of fused-ring (bicyclic) bond motifs is 4. The number of hydrogen-bond acceptors (Lipinski definition) is 7.